The number of hydrogen-bond acceptors (Lipinski definition) is 4. The van der Waals surface area contributed by atoms with Gasteiger partial charge in [0.25, 0.3) is 0 Å². The predicted molar refractivity (Wildman–Crippen MR) is 77.7 cm³/mol. The first-order valence-corrected chi connectivity index (χ1v) is 6.99. The number of fused-ring (bicyclic) bond motifs is 1. The topological polar surface area (TPSA) is 56.8 Å². The number of likely N-dealkylation sites (N-methyl/N-ethyl adjacent to an activating group) is 1. The molecule has 0 aromatic carbocycles. The molecule has 0 spiro atoms. The summed E-state index contributed by atoms with van der Waals surface area (Å²) in [6.07, 6.45) is 3.03. The first-order chi connectivity index (χ1) is 9.19. The summed E-state index contributed by atoms with van der Waals surface area (Å²) in [6, 6.07) is 2.49. The van der Waals surface area contributed by atoms with Gasteiger partial charge in [-0.1, -0.05) is 6.92 Å². The van der Waals surface area contributed by atoms with Crippen LogP contribution in [0.3, 0.4) is 0 Å². The average Bonchev–Trinajstić information content (AvgIpc) is 2.86. The molecule has 102 valence electrons. The molecule has 1 saturated heterocycles. The van der Waals surface area contributed by atoms with E-state index in [2.05, 4.69) is 32.1 Å². The van der Waals surface area contributed by atoms with Gasteiger partial charge in [-0.2, -0.15) is 9.97 Å². The van der Waals surface area contributed by atoms with Crippen molar-refractivity contribution in [1.82, 2.24) is 20.3 Å². The van der Waals surface area contributed by atoms with E-state index in [1.165, 1.54) is 0 Å². The Morgan fingerprint density at radius 2 is 2.32 bits per heavy atom. The van der Waals surface area contributed by atoms with Crippen LogP contribution < -0.4 is 10.2 Å². The number of hydrogen-bond donors (Lipinski definition) is 2. The lowest BCUT2D eigenvalue weighted by atomic mass is 9.93. The number of piperidine rings is 1. The monoisotopic (exact) mass is 279 g/mol. The van der Waals surface area contributed by atoms with Gasteiger partial charge in [-0.3, -0.25) is 0 Å². The van der Waals surface area contributed by atoms with Gasteiger partial charge in [0.15, 0.2) is 0 Å². The molecule has 0 bridgehead atoms. The van der Waals surface area contributed by atoms with E-state index < -0.39 is 0 Å². The molecule has 0 saturated carbocycles. The van der Waals surface area contributed by atoms with E-state index in [1.807, 2.05) is 19.3 Å². The summed E-state index contributed by atoms with van der Waals surface area (Å²) < 4.78 is 0. The molecule has 2 aromatic heterocycles. The Morgan fingerprint density at radius 1 is 1.47 bits per heavy atom. The van der Waals surface area contributed by atoms with Crippen molar-refractivity contribution in [1.29, 1.82) is 0 Å². The van der Waals surface area contributed by atoms with Crippen molar-refractivity contribution in [3.8, 4) is 0 Å². The third kappa shape index (κ3) is 2.28. The van der Waals surface area contributed by atoms with Crippen molar-refractivity contribution in [3.63, 3.8) is 0 Å². The highest BCUT2D eigenvalue weighted by atomic mass is 35.5. The maximum atomic E-state index is 6.01. The van der Waals surface area contributed by atoms with Crippen LogP contribution in [0.2, 0.25) is 5.28 Å². The summed E-state index contributed by atoms with van der Waals surface area (Å²) >= 11 is 6.01. The molecule has 3 rings (SSSR count). The van der Waals surface area contributed by atoms with Crippen LogP contribution in [-0.4, -0.2) is 41.1 Å². The molecular weight excluding hydrogens is 262 g/mol. The molecule has 1 aliphatic heterocycles. The van der Waals surface area contributed by atoms with Gasteiger partial charge in [0.05, 0.1) is 5.39 Å². The van der Waals surface area contributed by atoms with Crippen LogP contribution in [0.25, 0.3) is 11.0 Å². The van der Waals surface area contributed by atoms with Crippen LogP contribution in [-0.2, 0) is 0 Å². The van der Waals surface area contributed by atoms with Gasteiger partial charge >= 0.3 is 0 Å². The summed E-state index contributed by atoms with van der Waals surface area (Å²) in [5, 5.41) is 4.72. The maximum Gasteiger partial charge on any atom is 0.226 e. The molecule has 5 nitrogen and oxygen atoms in total. The molecule has 1 fully saturated rings. The van der Waals surface area contributed by atoms with E-state index in [9.17, 15) is 0 Å². The highest BCUT2D eigenvalue weighted by Gasteiger charge is 2.27. The third-order valence-electron chi connectivity index (χ3n) is 4.00. The molecule has 3 heterocycles. The van der Waals surface area contributed by atoms with Crippen molar-refractivity contribution < 1.29 is 0 Å². The van der Waals surface area contributed by atoms with E-state index in [-0.39, 0.29) is 0 Å². The molecule has 19 heavy (non-hydrogen) atoms. The van der Waals surface area contributed by atoms with E-state index >= 15 is 0 Å². The minimum Gasteiger partial charge on any atom is -0.354 e. The zero-order chi connectivity index (χ0) is 13.4. The molecule has 0 amide bonds. The Balaban J connectivity index is 1.97. The molecule has 6 heteroatoms. The Bertz CT molecular complexity index is 581. The molecule has 2 N–H and O–H groups in total. The van der Waals surface area contributed by atoms with Crippen LogP contribution in [0.15, 0.2) is 12.3 Å². The second-order valence-corrected chi connectivity index (χ2v) is 5.50. The number of rotatable bonds is 2. The first-order valence-electron chi connectivity index (χ1n) is 6.62. The number of aromatic amines is 1. The fourth-order valence-corrected chi connectivity index (χ4v) is 2.94. The van der Waals surface area contributed by atoms with Crippen LogP contribution >= 0.6 is 11.6 Å². The molecular formula is C13H18ClN5. The standard InChI is InChI=1S/C13H18ClN5/c1-8-4-6-19(7-10(8)15-2)12-9-3-5-16-11(9)17-13(14)18-12/h3,5,8,10,15H,4,6-7H2,1-2H3,(H,16,17,18)/t8-,10+/m1/s1. The normalized spacial score (nSPS) is 24.1. The highest BCUT2D eigenvalue weighted by molar-refractivity contribution is 6.28. The molecule has 0 radical (unpaired) electrons. The zero-order valence-electron chi connectivity index (χ0n) is 11.2. The van der Waals surface area contributed by atoms with E-state index in [4.69, 9.17) is 11.6 Å². The largest absolute Gasteiger partial charge is 0.354 e. The van der Waals surface area contributed by atoms with Crippen LogP contribution in [0.5, 0.6) is 0 Å². The van der Waals surface area contributed by atoms with Crippen molar-refractivity contribution in [2.75, 3.05) is 25.0 Å². The molecule has 1 aliphatic rings. The van der Waals surface area contributed by atoms with E-state index in [1.54, 1.807) is 0 Å². The number of anilines is 1. The van der Waals surface area contributed by atoms with E-state index in [0.29, 0.717) is 17.2 Å². The number of H-pyrrole nitrogens is 1. The Kier molecular flexibility index (Phi) is 3.33. The van der Waals surface area contributed by atoms with Gasteiger partial charge in [0, 0.05) is 25.3 Å². The van der Waals surface area contributed by atoms with Crippen molar-refractivity contribution in [3.05, 3.63) is 17.5 Å². The third-order valence-corrected chi connectivity index (χ3v) is 4.17. The molecule has 2 aromatic rings. The Labute approximate surface area is 117 Å². The summed E-state index contributed by atoms with van der Waals surface area (Å²) in [7, 11) is 2.02. The SMILES string of the molecule is CN[C@H]1CN(c2nc(Cl)nc3[nH]ccc23)CC[C@H]1C. The van der Waals surface area contributed by atoms with Crippen LogP contribution in [0.4, 0.5) is 5.82 Å². The van der Waals surface area contributed by atoms with Crippen molar-refractivity contribution in [2.24, 2.45) is 5.92 Å². The molecule has 2 atom stereocenters. The summed E-state index contributed by atoms with van der Waals surface area (Å²) in [5.74, 6) is 1.61. The quantitative estimate of drug-likeness (QED) is 0.826. The lowest BCUT2D eigenvalue weighted by molar-refractivity contribution is 0.337. The van der Waals surface area contributed by atoms with E-state index in [0.717, 1.165) is 36.4 Å². The minimum atomic E-state index is 0.296. The maximum absolute atomic E-state index is 6.01. The van der Waals surface area contributed by atoms with Gasteiger partial charge in [-0.25, -0.2) is 0 Å². The van der Waals surface area contributed by atoms with Gasteiger partial charge in [-0.05, 0) is 37.1 Å². The van der Waals surface area contributed by atoms with Crippen LogP contribution in [0.1, 0.15) is 13.3 Å². The van der Waals surface area contributed by atoms with Crippen LogP contribution in [0, 0.1) is 5.92 Å². The lowest BCUT2D eigenvalue weighted by Crippen LogP contribution is -2.49. The molecule has 0 unspecified atom stereocenters. The predicted octanol–water partition coefficient (Wildman–Crippen LogP) is 2.05. The fourth-order valence-electron chi connectivity index (χ4n) is 2.78. The fraction of sp³-hybridized carbons (Fsp3) is 0.538. The zero-order valence-corrected chi connectivity index (χ0v) is 11.9. The second kappa shape index (κ2) is 4.98. The minimum absolute atomic E-state index is 0.296. The average molecular weight is 280 g/mol. The Hall–Kier alpha value is -1.33. The number of aromatic nitrogens is 3. The van der Waals surface area contributed by atoms with Gasteiger partial charge in [0.1, 0.15) is 11.5 Å². The van der Waals surface area contributed by atoms with Crippen molar-refractivity contribution in [2.45, 2.75) is 19.4 Å². The number of nitrogens with zero attached hydrogens (tertiary/aromatic N) is 3. The Morgan fingerprint density at radius 3 is 3.11 bits per heavy atom. The summed E-state index contributed by atoms with van der Waals surface area (Å²) in [5.41, 5.74) is 0.801. The van der Waals surface area contributed by atoms with Gasteiger partial charge in [-0.15, -0.1) is 0 Å². The number of nitrogens with one attached hydrogen (secondary N) is 2. The smallest absolute Gasteiger partial charge is 0.226 e. The molecule has 0 aliphatic carbocycles. The second-order valence-electron chi connectivity index (χ2n) is 5.16. The highest BCUT2D eigenvalue weighted by Crippen LogP contribution is 2.28. The number of halogens is 1. The van der Waals surface area contributed by atoms with Crippen molar-refractivity contribution >= 4 is 28.5 Å². The van der Waals surface area contributed by atoms with Gasteiger partial charge < -0.3 is 15.2 Å². The first kappa shape index (κ1) is 12.7. The lowest BCUT2D eigenvalue weighted by Gasteiger charge is -2.37. The summed E-state index contributed by atoms with van der Waals surface area (Å²) in [4.78, 5) is 14.0. The summed E-state index contributed by atoms with van der Waals surface area (Å²) in [6.45, 7) is 4.25. The van der Waals surface area contributed by atoms with Gasteiger partial charge in [0.2, 0.25) is 5.28 Å².